The van der Waals surface area contributed by atoms with Crippen molar-refractivity contribution in [2.45, 2.75) is 105 Å². The third kappa shape index (κ3) is 14.2. The van der Waals surface area contributed by atoms with Gasteiger partial charge < -0.3 is 18.9 Å². The maximum atomic E-state index is 12.9. The second kappa shape index (κ2) is 21.5. The Morgan fingerprint density at radius 2 is 1.19 bits per heavy atom. The van der Waals surface area contributed by atoms with E-state index in [1.54, 1.807) is 66.7 Å². The van der Waals surface area contributed by atoms with Crippen molar-refractivity contribution in [1.29, 1.82) is 5.26 Å². The van der Waals surface area contributed by atoms with Crippen molar-refractivity contribution in [3.05, 3.63) is 83.4 Å². The number of carbonyl (C=O) groups is 2. The Hall–Kier alpha value is -4.31. The normalized spacial score (nSPS) is 11.5. The molecule has 0 amide bonds. The summed E-state index contributed by atoms with van der Waals surface area (Å²) in [6.07, 6.45) is 14.4. The van der Waals surface area contributed by atoms with E-state index in [1.807, 2.05) is 0 Å². The lowest BCUT2D eigenvalue weighted by Crippen LogP contribution is -2.11. The van der Waals surface area contributed by atoms with Gasteiger partial charge in [-0.1, -0.05) is 91.9 Å². The standard InChI is InChI=1S/C41H53NO6/c1-5-6-7-8-9-10-11-12-27-45-36-22-24-38(25-23-36)47-40(43)33-18-20-37(21-19-33)48-41(44)34-16-17-35(30-42)39(29-34)46-28-26-32(4)15-13-14-31(2)3/h16-25,29,31-32H,5-15,26-28H2,1-4H3/t32-/m0/s1. The van der Waals surface area contributed by atoms with Crippen LogP contribution < -0.4 is 18.9 Å². The lowest BCUT2D eigenvalue weighted by molar-refractivity contribution is 0.0730. The van der Waals surface area contributed by atoms with Crippen molar-refractivity contribution in [3.63, 3.8) is 0 Å². The van der Waals surface area contributed by atoms with Gasteiger partial charge in [0.1, 0.15) is 29.1 Å². The van der Waals surface area contributed by atoms with Gasteiger partial charge >= 0.3 is 11.9 Å². The van der Waals surface area contributed by atoms with Crippen LogP contribution >= 0.6 is 0 Å². The first-order valence-electron chi connectivity index (χ1n) is 17.7. The molecule has 0 N–H and O–H groups in total. The first kappa shape index (κ1) is 38.1. The van der Waals surface area contributed by atoms with Crippen molar-refractivity contribution in [2.24, 2.45) is 11.8 Å². The summed E-state index contributed by atoms with van der Waals surface area (Å²) in [7, 11) is 0. The molecule has 0 aliphatic rings. The first-order valence-corrected chi connectivity index (χ1v) is 17.7. The van der Waals surface area contributed by atoms with Gasteiger partial charge in [-0.25, -0.2) is 9.59 Å². The van der Waals surface area contributed by atoms with E-state index in [0.29, 0.717) is 47.7 Å². The third-order valence-electron chi connectivity index (χ3n) is 8.29. The van der Waals surface area contributed by atoms with Crippen molar-refractivity contribution in [2.75, 3.05) is 13.2 Å². The van der Waals surface area contributed by atoms with Gasteiger partial charge in [-0.2, -0.15) is 5.26 Å². The Kier molecular flexibility index (Phi) is 17.1. The van der Waals surface area contributed by atoms with Crippen molar-refractivity contribution in [1.82, 2.24) is 0 Å². The second-order valence-corrected chi connectivity index (χ2v) is 13.0. The number of nitriles is 1. The summed E-state index contributed by atoms with van der Waals surface area (Å²) < 4.78 is 22.8. The van der Waals surface area contributed by atoms with Gasteiger partial charge in [0, 0.05) is 0 Å². The molecule has 0 aromatic heterocycles. The molecule has 3 rings (SSSR count). The largest absolute Gasteiger partial charge is 0.494 e. The third-order valence-corrected chi connectivity index (χ3v) is 8.29. The Morgan fingerprint density at radius 3 is 1.81 bits per heavy atom. The summed E-state index contributed by atoms with van der Waals surface area (Å²) in [5, 5.41) is 9.53. The van der Waals surface area contributed by atoms with E-state index in [2.05, 4.69) is 33.8 Å². The number of hydrogen-bond donors (Lipinski definition) is 0. The zero-order valence-corrected chi connectivity index (χ0v) is 29.3. The molecule has 1 atom stereocenters. The summed E-state index contributed by atoms with van der Waals surface area (Å²) in [6.45, 7) is 10.0. The van der Waals surface area contributed by atoms with Crippen LogP contribution in [-0.4, -0.2) is 25.2 Å². The molecule has 0 aliphatic carbocycles. The van der Waals surface area contributed by atoms with Crippen LogP contribution in [0.4, 0.5) is 0 Å². The molecular weight excluding hydrogens is 602 g/mol. The van der Waals surface area contributed by atoms with Crippen molar-refractivity contribution < 1.29 is 28.5 Å². The fraction of sp³-hybridized carbons (Fsp3) is 0.488. The molecule has 0 bridgehead atoms. The topological polar surface area (TPSA) is 94.9 Å². The monoisotopic (exact) mass is 655 g/mol. The SMILES string of the molecule is CCCCCCCCCCOc1ccc(OC(=O)c2ccc(OC(=O)c3ccc(C#N)c(OCC[C@@H](C)CCCC(C)C)c3)cc2)cc1. The molecule has 7 heteroatoms. The van der Waals surface area contributed by atoms with E-state index in [-0.39, 0.29) is 11.3 Å². The van der Waals surface area contributed by atoms with Gasteiger partial charge in [-0.15, -0.1) is 0 Å². The van der Waals surface area contributed by atoms with E-state index in [4.69, 9.17) is 18.9 Å². The highest BCUT2D eigenvalue weighted by Gasteiger charge is 2.15. The fourth-order valence-corrected chi connectivity index (χ4v) is 5.27. The van der Waals surface area contributed by atoms with Crippen LogP contribution in [0.2, 0.25) is 0 Å². The fourth-order valence-electron chi connectivity index (χ4n) is 5.27. The van der Waals surface area contributed by atoms with E-state index in [1.165, 1.54) is 57.8 Å². The summed E-state index contributed by atoms with van der Waals surface area (Å²) in [6, 6.07) is 20.0. The number of hydrogen-bond acceptors (Lipinski definition) is 7. The highest BCUT2D eigenvalue weighted by Crippen LogP contribution is 2.24. The molecule has 0 aliphatic heterocycles. The van der Waals surface area contributed by atoms with Crippen LogP contribution in [0.25, 0.3) is 0 Å². The molecule has 0 saturated carbocycles. The summed E-state index contributed by atoms with van der Waals surface area (Å²) in [5.74, 6) is 1.89. The molecule has 0 spiro atoms. The van der Waals surface area contributed by atoms with E-state index in [0.717, 1.165) is 25.0 Å². The molecule has 258 valence electrons. The molecule has 3 aromatic rings. The van der Waals surface area contributed by atoms with Crippen LogP contribution in [0.15, 0.2) is 66.7 Å². The van der Waals surface area contributed by atoms with Crippen molar-refractivity contribution in [3.8, 4) is 29.1 Å². The Morgan fingerprint density at radius 1 is 0.625 bits per heavy atom. The zero-order chi connectivity index (χ0) is 34.6. The van der Waals surface area contributed by atoms with E-state index in [9.17, 15) is 14.9 Å². The molecule has 48 heavy (non-hydrogen) atoms. The molecule has 7 nitrogen and oxygen atoms in total. The first-order chi connectivity index (χ1) is 23.3. The predicted molar refractivity (Wildman–Crippen MR) is 190 cm³/mol. The second-order valence-electron chi connectivity index (χ2n) is 13.0. The Bertz CT molecular complexity index is 1420. The number of esters is 2. The van der Waals surface area contributed by atoms with Gasteiger partial charge in [0.25, 0.3) is 0 Å². The minimum Gasteiger partial charge on any atom is -0.494 e. The number of rotatable bonds is 22. The molecule has 3 aromatic carbocycles. The van der Waals surface area contributed by atoms with Gasteiger partial charge in [0.05, 0.1) is 29.9 Å². The number of nitrogens with zero attached hydrogens (tertiary/aromatic N) is 1. The number of benzene rings is 3. The van der Waals surface area contributed by atoms with E-state index >= 15 is 0 Å². The van der Waals surface area contributed by atoms with Crippen LogP contribution in [0.1, 0.15) is 131 Å². The Labute approximate surface area is 287 Å². The smallest absolute Gasteiger partial charge is 0.343 e. The minimum absolute atomic E-state index is 0.266. The highest BCUT2D eigenvalue weighted by atomic mass is 16.5. The lowest BCUT2D eigenvalue weighted by atomic mass is 9.98. The van der Waals surface area contributed by atoms with Crippen LogP contribution in [0.5, 0.6) is 23.0 Å². The summed E-state index contributed by atoms with van der Waals surface area (Å²) in [5.41, 5.74) is 0.947. The average molecular weight is 656 g/mol. The minimum atomic E-state index is -0.591. The van der Waals surface area contributed by atoms with Crippen LogP contribution in [0.3, 0.4) is 0 Å². The average Bonchev–Trinajstić information content (AvgIpc) is 3.08. The number of unbranched alkanes of at least 4 members (excludes halogenated alkanes) is 7. The maximum Gasteiger partial charge on any atom is 0.343 e. The van der Waals surface area contributed by atoms with Crippen molar-refractivity contribution >= 4 is 11.9 Å². The molecule has 0 fully saturated rings. The Balaban J connectivity index is 1.43. The molecular formula is C41H53NO6. The quantitative estimate of drug-likeness (QED) is 0.0604. The lowest BCUT2D eigenvalue weighted by Gasteiger charge is -2.14. The summed E-state index contributed by atoms with van der Waals surface area (Å²) >= 11 is 0. The maximum absolute atomic E-state index is 12.9. The van der Waals surface area contributed by atoms with E-state index < -0.39 is 11.9 Å². The van der Waals surface area contributed by atoms with Gasteiger partial charge in [-0.3, -0.25) is 0 Å². The molecule has 0 unspecified atom stereocenters. The predicted octanol–water partition coefficient (Wildman–Crippen LogP) is 10.7. The zero-order valence-electron chi connectivity index (χ0n) is 29.3. The molecule has 0 saturated heterocycles. The number of ether oxygens (including phenoxy) is 4. The highest BCUT2D eigenvalue weighted by molar-refractivity contribution is 5.93. The molecule has 0 radical (unpaired) electrons. The number of carbonyl (C=O) groups excluding carboxylic acids is 2. The van der Waals surface area contributed by atoms with Gasteiger partial charge in [0.2, 0.25) is 0 Å². The summed E-state index contributed by atoms with van der Waals surface area (Å²) in [4.78, 5) is 25.6. The van der Waals surface area contributed by atoms with Gasteiger partial charge in [-0.05, 0) is 91.4 Å². The van der Waals surface area contributed by atoms with Crippen LogP contribution in [0, 0.1) is 23.2 Å². The van der Waals surface area contributed by atoms with Crippen LogP contribution in [-0.2, 0) is 0 Å². The molecule has 0 heterocycles. The van der Waals surface area contributed by atoms with Gasteiger partial charge in [0.15, 0.2) is 0 Å².